The number of carbonyl (C=O) groups is 1. The quantitative estimate of drug-likeness (QED) is 0.780. The Kier molecular flexibility index (Phi) is 3.25. The summed E-state index contributed by atoms with van der Waals surface area (Å²) in [5, 5.41) is 13.2. The van der Waals surface area contributed by atoms with Gasteiger partial charge in [0.25, 0.3) is 5.56 Å². The first-order valence-corrected chi connectivity index (χ1v) is 6.71. The predicted octanol–water partition coefficient (Wildman–Crippen LogP) is 1.03. The molecule has 0 saturated heterocycles. The first-order valence-electron chi connectivity index (χ1n) is 6.71. The van der Waals surface area contributed by atoms with Crippen LogP contribution in [0.15, 0.2) is 35.1 Å². The molecule has 0 spiro atoms. The summed E-state index contributed by atoms with van der Waals surface area (Å²) in [6.45, 7) is 1.70. The normalized spacial score (nSPS) is 11.0. The zero-order chi connectivity index (χ0) is 15.9. The van der Waals surface area contributed by atoms with Crippen molar-refractivity contribution < 1.29 is 9.90 Å². The molecule has 7 heteroatoms. The topological polar surface area (TPSA) is 89.5 Å². The molecule has 3 aromatic rings. The minimum Gasteiger partial charge on any atom is -0.481 e. The third-order valence-corrected chi connectivity index (χ3v) is 3.64. The van der Waals surface area contributed by atoms with E-state index in [1.54, 1.807) is 18.5 Å². The lowest BCUT2D eigenvalue weighted by molar-refractivity contribution is -0.136. The molecule has 1 N–H and O–H groups in total. The Morgan fingerprint density at radius 2 is 1.95 bits per heavy atom. The van der Waals surface area contributed by atoms with Gasteiger partial charge in [-0.05, 0) is 6.92 Å². The number of carboxylic acid groups (broad SMARTS) is 1. The fourth-order valence-corrected chi connectivity index (χ4v) is 2.36. The van der Waals surface area contributed by atoms with Crippen LogP contribution < -0.4 is 5.56 Å². The van der Waals surface area contributed by atoms with Crippen molar-refractivity contribution in [2.45, 2.75) is 13.3 Å². The zero-order valence-electron chi connectivity index (χ0n) is 12.1. The lowest BCUT2D eigenvalue weighted by atomic mass is 10.1. The van der Waals surface area contributed by atoms with Crippen molar-refractivity contribution in [1.29, 1.82) is 0 Å². The summed E-state index contributed by atoms with van der Waals surface area (Å²) >= 11 is 0. The van der Waals surface area contributed by atoms with E-state index in [0.29, 0.717) is 17.3 Å². The van der Waals surface area contributed by atoms with Crippen LogP contribution in [0.1, 0.15) is 11.3 Å². The van der Waals surface area contributed by atoms with Crippen LogP contribution in [0, 0.1) is 6.92 Å². The summed E-state index contributed by atoms with van der Waals surface area (Å²) in [5.41, 5.74) is 1.14. The van der Waals surface area contributed by atoms with Gasteiger partial charge in [0.15, 0.2) is 5.82 Å². The molecule has 7 nitrogen and oxygen atoms in total. The second-order valence-corrected chi connectivity index (χ2v) is 5.01. The number of aliphatic carboxylic acids is 1. The van der Waals surface area contributed by atoms with Gasteiger partial charge in [0, 0.05) is 23.9 Å². The molecule has 2 aromatic heterocycles. The van der Waals surface area contributed by atoms with E-state index in [4.69, 9.17) is 5.11 Å². The van der Waals surface area contributed by atoms with E-state index in [9.17, 15) is 9.59 Å². The third kappa shape index (κ3) is 2.16. The van der Waals surface area contributed by atoms with E-state index >= 15 is 0 Å². The fourth-order valence-electron chi connectivity index (χ4n) is 2.36. The number of fused-ring (bicyclic) bond motifs is 1. The van der Waals surface area contributed by atoms with E-state index in [-0.39, 0.29) is 12.0 Å². The average Bonchev–Trinajstić information content (AvgIpc) is 2.96. The Labute approximate surface area is 125 Å². The highest BCUT2D eigenvalue weighted by molar-refractivity contribution is 5.70. The molecule has 0 saturated carbocycles. The number of carboxylic acids is 1. The van der Waals surface area contributed by atoms with Crippen LogP contribution in [0.3, 0.4) is 0 Å². The summed E-state index contributed by atoms with van der Waals surface area (Å²) in [6, 6.07) is 9.31. The fraction of sp³-hybridized carbons (Fsp3) is 0.200. The molecule has 0 radical (unpaired) electrons. The smallest absolute Gasteiger partial charge is 0.308 e. The molecule has 0 atom stereocenters. The van der Waals surface area contributed by atoms with Gasteiger partial charge in [0.2, 0.25) is 5.78 Å². The van der Waals surface area contributed by atoms with E-state index in [1.165, 1.54) is 0 Å². The van der Waals surface area contributed by atoms with Crippen LogP contribution in [0.4, 0.5) is 0 Å². The Bertz CT molecular complexity index is 925. The molecular weight excluding hydrogens is 284 g/mol. The Morgan fingerprint density at radius 3 is 2.59 bits per heavy atom. The van der Waals surface area contributed by atoms with Crippen LogP contribution in [0.2, 0.25) is 0 Å². The van der Waals surface area contributed by atoms with Crippen LogP contribution in [-0.2, 0) is 18.3 Å². The maximum Gasteiger partial charge on any atom is 0.308 e. The molecule has 3 rings (SSSR count). The predicted molar refractivity (Wildman–Crippen MR) is 79.7 cm³/mol. The molecule has 1 aromatic carbocycles. The zero-order valence-corrected chi connectivity index (χ0v) is 12.1. The molecular formula is C15H14N4O3. The van der Waals surface area contributed by atoms with Gasteiger partial charge in [-0.1, -0.05) is 30.3 Å². The van der Waals surface area contributed by atoms with Crippen LogP contribution in [-0.4, -0.2) is 30.2 Å². The maximum absolute atomic E-state index is 12.5. The van der Waals surface area contributed by atoms with Gasteiger partial charge in [-0.15, -0.1) is 5.10 Å². The highest BCUT2D eigenvalue weighted by Crippen LogP contribution is 2.16. The Hall–Kier alpha value is -2.96. The van der Waals surface area contributed by atoms with Crippen LogP contribution in [0.5, 0.6) is 0 Å². The molecule has 0 fully saturated rings. The van der Waals surface area contributed by atoms with Gasteiger partial charge in [0.05, 0.1) is 6.42 Å². The van der Waals surface area contributed by atoms with Gasteiger partial charge in [-0.2, -0.15) is 9.50 Å². The van der Waals surface area contributed by atoms with Gasteiger partial charge >= 0.3 is 5.97 Å². The summed E-state index contributed by atoms with van der Waals surface area (Å²) < 4.78 is 2.84. The van der Waals surface area contributed by atoms with E-state index in [0.717, 1.165) is 10.1 Å². The Balaban J connectivity index is 2.29. The van der Waals surface area contributed by atoms with E-state index < -0.39 is 11.5 Å². The van der Waals surface area contributed by atoms with Gasteiger partial charge in [0.1, 0.15) is 0 Å². The molecule has 0 aliphatic carbocycles. The lowest BCUT2D eigenvalue weighted by Crippen LogP contribution is -2.26. The van der Waals surface area contributed by atoms with Crippen molar-refractivity contribution in [1.82, 2.24) is 19.2 Å². The average molecular weight is 298 g/mol. The number of rotatable bonds is 3. The number of hydrogen-bond donors (Lipinski definition) is 1. The van der Waals surface area contributed by atoms with E-state index in [2.05, 4.69) is 10.1 Å². The molecule has 0 bridgehead atoms. The molecule has 0 aliphatic heterocycles. The second kappa shape index (κ2) is 5.10. The standard InChI is InChI=1S/C15H14N4O3/c1-9-11(8-12(20)21)14(22)19-15(18(9)2)16-13(17-19)10-6-4-3-5-7-10/h3-7H,8H2,1-2H3,(H,20,21). The van der Waals surface area contributed by atoms with Crippen molar-refractivity contribution in [3.63, 3.8) is 0 Å². The monoisotopic (exact) mass is 298 g/mol. The summed E-state index contributed by atoms with van der Waals surface area (Å²) in [6.07, 6.45) is -0.338. The lowest BCUT2D eigenvalue weighted by Gasteiger charge is -2.09. The van der Waals surface area contributed by atoms with E-state index in [1.807, 2.05) is 30.3 Å². The number of benzene rings is 1. The Morgan fingerprint density at radius 1 is 1.27 bits per heavy atom. The van der Waals surface area contributed by atoms with Crippen LogP contribution in [0.25, 0.3) is 17.2 Å². The molecule has 22 heavy (non-hydrogen) atoms. The molecule has 112 valence electrons. The minimum atomic E-state index is -1.05. The molecule has 0 aliphatic rings. The van der Waals surface area contributed by atoms with Gasteiger partial charge in [-0.25, -0.2) is 0 Å². The van der Waals surface area contributed by atoms with Gasteiger partial charge < -0.3 is 9.67 Å². The van der Waals surface area contributed by atoms with Crippen molar-refractivity contribution in [3.8, 4) is 11.4 Å². The number of aromatic nitrogens is 4. The summed E-state index contributed by atoms with van der Waals surface area (Å²) in [7, 11) is 1.74. The number of hydrogen-bond acceptors (Lipinski definition) is 4. The molecule has 0 amide bonds. The maximum atomic E-state index is 12.5. The van der Waals surface area contributed by atoms with Crippen LogP contribution >= 0.6 is 0 Å². The first kappa shape index (κ1) is 14.0. The number of nitrogens with zero attached hydrogens (tertiary/aromatic N) is 4. The third-order valence-electron chi connectivity index (χ3n) is 3.64. The molecule has 2 heterocycles. The van der Waals surface area contributed by atoms with Crippen molar-refractivity contribution in [3.05, 3.63) is 51.9 Å². The second-order valence-electron chi connectivity index (χ2n) is 5.01. The highest BCUT2D eigenvalue weighted by Gasteiger charge is 2.18. The summed E-state index contributed by atoms with van der Waals surface area (Å²) in [4.78, 5) is 27.8. The van der Waals surface area contributed by atoms with Gasteiger partial charge in [-0.3, -0.25) is 9.59 Å². The largest absolute Gasteiger partial charge is 0.481 e. The minimum absolute atomic E-state index is 0.215. The first-order chi connectivity index (χ1) is 10.5. The highest BCUT2D eigenvalue weighted by atomic mass is 16.4. The van der Waals surface area contributed by atoms with Crippen molar-refractivity contribution in [2.24, 2.45) is 7.05 Å². The molecule has 0 unspecified atom stereocenters. The van der Waals surface area contributed by atoms with Crippen molar-refractivity contribution in [2.75, 3.05) is 0 Å². The number of aryl methyl sites for hydroxylation is 1. The summed E-state index contributed by atoms with van der Waals surface area (Å²) in [5.74, 6) is -0.237. The SMILES string of the molecule is Cc1c(CC(=O)O)c(=O)n2nc(-c3ccccc3)nc2n1C. The van der Waals surface area contributed by atoms with Crippen molar-refractivity contribution >= 4 is 11.7 Å².